The minimum atomic E-state index is -0.0655. The highest BCUT2D eigenvalue weighted by atomic mass is 16.5. The highest BCUT2D eigenvalue weighted by Crippen LogP contribution is 2.17. The van der Waals surface area contributed by atoms with Gasteiger partial charge in [-0.3, -0.25) is 4.79 Å². The molecule has 1 fully saturated rings. The number of carbonyl (C=O) groups is 1. The van der Waals surface area contributed by atoms with Gasteiger partial charge in [0.1, 0.15) is 5.82 Å². The summed E-state index contributed by atoms with van der Waals surface area (Å²) >= 11 is 0. The molecule has 1 amide bonds. The van der Waals surface area contributed by atoms with E-state index >= 15 is 0 Å². The zero-order valence-corrected chi connectivity index (χ0v) is 17.7. The molecule has 0 unspecified atom stereocenters. The first-order valence-electron chi connectivity index (χ1n) is 10.7. The van der Waals surface area contributed by atoms with Crippen LogP contribution in [0.15, 0.2) is 47.1 Å². The summed E-state index contributed by atoms with van der Waals surface area (Å²) in [6, 6.07) is 12.1. The maximum Gasteiger partial charge on any atom is 0.227 e. The number of pyridine rings is 1. The number of nitrogens with zero attached hydrogens (tertiary/aromatic N) is 4. The van der Waals surface area contributed by atoms with E-state index in [4.69, 9.17) is 9.26 Å². The maximum atomic E-state index is 12.2. The van der Waals surface area contributed by atoms with Gasteiger partial charge in [0.25, 0.3) is 0 Å². The Labute approximate surface area is 181 Å². The molecule has 1 aliphatic heterocycles. The molecule has 4 rings (SSSR count). The molecule has 1 aliphatic rings. The highest BCUT2D eigenvalue weighted by Gasteiger charge is 2.13. The Morgan fingerprint density at radius 2 is 1.87 bits per heavy atom. The van der Waals surface area contributed by atoms with Crippen LogP contribution in [-0.2, 0) is 28.9 Å². The summed E-state index contributed by atoms with van der Waals surface area (Å²) in [5.41, 5.74) is 3.13. The van der Waals surface area contributed by atoms with Crippen molar-refractivity contribution < 1.29 is 14.1 Å². The van der Waals surface area contributed by atoms with E-state index in [1.165, 1.54) is 5.56 Å². The molecule has 8 nitrogen and oxygen atoms in total. The third-order valence-electron chi connectivity index (χ3n) is 5.29. The molecule has 2 aromatic heterocycles. The molecule has 1 saturated heterocycles. The summed E-state index contributed by atoms with van der Waals surface area (Å²) in [6.45, 7) is 5.71. The molecule has 0 saturated carbocycles. The molecule has 3 aromatic rings. The minimum absolute atomic E-state index is 0.0655. The molecule has 3 heterocycles. The van der Waals surface area contributed by atoms with Gasteiger partial charge in [0.15, 0.2) is 0 Å². The number of aromatic nitrogens is 3. The Bertz CT molecular complexity index is 979. The first-order chi connectivity index (χ1) is 15.2. The van der Waals surface area contributed by atoms with Gasteiger partial charge in [-0.05, 0) is 23.6 Å². The van der Waals surface area contributed by atoms with Gasteiger partial charge in [0.2, 0.25) is 17.6 Å². The summed E-state index contributed by atoms with van der Waals surface area (Å²) in [5.74, 6) is 1.88. The number of hydrogen-bond donors (Lipinski definition) is 1. The van der Waals surface area contributed by atoms with Crippen LogP contribution in [0.1, 0.15) is 30.4 Å². The van der Waals surface area contributed by atoms with E-state index in [1.807, 2.05) is 24.3 Å². The SMILES string of the molecule is CCc1ccc(-c2noc(CCC(=O)NCc3ccc(N4CCOCC4)nc3)n2)cc1. The molecular formula is C23H27N5O3. The molecular weight excluding hydrogens is 394 g/mol. The quantitative estimate of drug-likeness (QED) is 0.598. The van der Waals surface area contributed by atoms with Crippen molar-refractivity contribution in [2.24, 2.45) is 0 Å². The van der Waals surface area contributed by atoms with Gasteiger partial charge < -0.3 is 19.5 Å². The van der Waals surface area contributed by atoms with Crippen LogP contribution in [0.25, 0.3) is 11.4 Å². The van der Waals surface area contributed by atoms with E-state index in [0.717, 1.165) is 49.7 Å². The Balaban J connectivity index is 1.22. The highest BCUT2D eigenvalue weighted by molar-refractivity contribution is 5.76. The van der Waals surface area contributed by atoms with Gasteiger partial charge in [-0.2, -0.15) is 4.98 Å². The summed E-state index contributed by atoms with van der Waals surface area (Å²) < 4.78 is 10.7. The van der Waals surface area contributed by atoms with E-state index in [0.29, 0.717) is 24.7 Å². The number of morpholine rings is 1. The van der Waals surface area contributed by atoms with Crippen LogP contribution in [-0.4, -0.2) is 47.3 Å². The van der Waals surface area contributed by atoms with Crippen molar-refractivity contribution in [2.45, 2.75) is 32.7 Å². The predicted octanol–water partition coefficient (Wildman–Crippen LogP) is 2.78. The zero-order valence-electron chi connectivity index (χ0n) is 17.7. The van der Waals surface area contributed by atoms with Crippen LogP contribution in [0.5, 0.6) is 0 Å². The molecule has 1 aromatic carbocycles. The van der Waals surface area contributed by atoms with Crippen molar-refractivity contribution in [3.8, 4) is 11.4 Å². The number of nitrogens with one attached hydrogen (secondary N) is 1. The number of hydrogen-bond acceptors (Lipinski definition) is 7. The summed E-state index contributed by atoms with van der Waals surface area (Å²) in [6.07, 6.45) is 3.48. The molecule has 0 bridgehead atoms. The molecule has 162 valence electrons. The van der Waals surface area contributed by atoms with Gasteiger partial charge >= 0.3 is 0 Å². The van der Waals surface area contributed by atoms with Gasteiger partial charge in [-0.1, -0.05) is 42.4 Å². The Morgan fingerprint density at radius 3 is 2.58 bits per heavy atom. The summed E-state index contributed by atoms with van der Waals surface area (Å²) in [5, 5.41) is 6.94. The van der Waals surface area contributed by atoms with Crippen molar-refractivity contribution in [1.29, 1.82) is 0 Å². The summed E-state index contributed by atoms with van der Waals surface area (Å²) in [4.78, 5) is 23.3. The largest absolute Gasteiger partial charge is 0.378 e. The second-order valence-corrected chi connectivity index (χ2v) is 7.46. The lowest BCUT2D eigenvalue weighted by Crippen LogP contribution is -2.36. The standard InChI is InChI=1S/C23H27N5O3/c1-2-17-3-6-19(7-4-17)23-26-22(31-27-23)10-9-21(29)25-16-18-5-8-20(24-15-18)28-11-13-30-14-12-28/h3-8,15H,2,9-14,16H2,1H3,(H,25,29). The zero-order chi connectivity index (χ0) is 21.5. The number of anilines is 1. The van der Waals surface area contributed by atoms with Gasteiger partial charge in [0, 0.05) is 44.2 Å². The van der Waals surface area contributed by atoms with E-state index in [1.54, 1.807) is 6.20 Å². The fourth-order valence-electron chi connectivity index (χ4n) is 3.37. The lowest BCUT2D eigenvalue weighted by Gasteiger charge is -2.27. The monoisotopic (exact) mass is 421 g/mol. The van der Waals surface area contributed by atoms with Gasteiger partial charge in [0.05, 0.1) is 13.2 Å². The molecule has 0 atom stereocenters. The number of carbonyl (C=O) groups excluding carboxylic acids is 1. The minimum Gasteiger partial charge on any atom is -0.378 e. The van der Waals surface area contributed by atoms with E-state index in [2.05, 4.69) is 44.4 Å². The van der Waals surface area contributed by atoms with Crippen molar-refractivity contribution in [3.63, 3.8) is 0 Å². The maximum absolute atomic E-state index is 12.2. The van der Waals surface area contributed by atoms with E-state index < -0.39 is 0 Å². The van der Waals surface area contributed by atoms with Crippen LogP contribution in [0.4, 0.5) is 5.82 Å². The van der Waals surface area contributed by atoms with Crippen molar-refractivity contribution in [1.82, 2.24) is 20.4 Å². The Kier molecular flexibility index (Phi) is 6.89. The molecule has 8 heteroatoms. The average molecular weight is 422 g/mol. The van der Waals surface area contributed by atoms with Crippen LogP contribution >= 0.6 is 0 Å². The molecule has 31 heavy (non-hydrogen) atoms. The first kappa shape index (κ1) is 21.0. The Morgan fingerprint density at radius 1 is 1.10 bits per heavy atom. The third-order valence-corrected chi connectivity index (χ3v) is 5.29. The van der Waals surface area contributed by atoms with Crippen LogP contribution in [0.3, 0.4) is 0 Å². The van der Waals surface area contributed by atoms with Crippen molar-refractivity contribution in [2.75, 3.05) is 31.2 Å². The third kappa shape index (κ3) is 5.67. The lowest BCUT2D eigenvalue weighted by atomic mass is 10.1. The van der Waals surface area contributed by atoms with Crippen molar-refractivity contribution >= 4 is 11.7 Å². The van der Waals surface area contributed by atoms with Gasteiger partial charge in [-0.15, -0.1) is 0 Å². The average Bonchev–Trinajstić information content (AvgIpc) is 3.31. The van der Waals surface area contributed by atoms with E-state index in [-0.39, 0.29) is 12.3 Å². The number of aryl methyl sites for hydroxylation is 2. The smallest absolute Gasteiger partial charge is 0.227 e. The number of ether oxygens (including phenoxy) is 1. The molecule has 0 spiro atoms. The molecule has 0 radical (unpaired) electrons. The second kappa shape index (κ2) is 10.2. The number of amides is 1. The van der Waals surface area contributed by atoms with E-state index in [9.17, 15) is 4.79 Å². The molecule has 0 aliphatic carbocycles. The first-order valence-corrected chi connectivity index (χ1v) is 10.7. The predicted molar refractivity (Wildman–Crippen MR) is 117 cm³/mol. The topological polar surface area (TPSA) is 93.4 Å². The molecule has 1 N–H and O–H groups in total. The lowest BCUT2D eigenvalue weighted by molar-refractivity contribution is -0.121. The number of benzene rings is 1. The van der Waals surface area contributed by atoms with Gasteiger partial charge in [-0.25, -0.2) is 4.98 Å². The normalized spacial score (nSPS) is 13.9. The Hall–Kier alpha value is -3.26. The summed E-state index contributed by atoms with van der Waals surface area (Å²) in [7, 11) is 0. The van der Waals surface area contributed by atoms with Crippen molar-refractivity contribution in [3.05, 3.63) is 59.6 Å². The fraction of sp³-hybridized carbons (Fsp3) is 0.391. The van der Waals surface area contributed by atoms with Crippen LogP contribution < -0.4 is 10.2 Å². The number of rotatable bonds is 8. The fourth-order valence-corrected chi connectivity index (χ4v) is 3.37. The second-order valence-electron chi connectivity index (χ2n) is 7.46. The van der Waals surface area contributed by atoms with Crippen LogP contribution in [0, 0.1) is 0 Å². The van der Waals surface area contributed by atoms with Crippen LogP contribution in [0.2, 0.25) is 0 Å².